The maximum absolute atomic E-state index is 3.44. The Hall–Kier alpha value is -0.120. The molecule has 16 heavy (non-hydrogen) atoms. The molecule has 0 aliphatic carbocycles. The summed E-state index contributed by atoms with van der Waals surface area (Å²) in [4.78, 5) is 5.16. The molecule has 3 unspecified atom stereocenters. The van der Waals surface area contributed by atoms with Crippen LogP contribution in [-0.2, 0) is 0 Å². The molecular formula is C13H29N3. The Kier molecular flexibility index (Phi) is 5.73. The molecule has 0 aromatic heterocycles. The third kappa shape index (κ3) is 3.19. The van der Waals surface area contributed by atoms with Crippen LogP contribution in [0.5, 0.6) is 0 Å². The highest BCUT2D eigenvalue weighted by molar-refractivity contribution is 4.86. The summed E-state index contributed by atoms with van der Waals surface area (Å²) in [6.45, 7) is 10.6. The summed E-state index contributed by atoms with van der Waals surface area (Å²) in [6, 6.07) is 2.02. The van der Waals surface area contributed by atoms with Crippen molar-refractivity contribution in [2.45, 2.75) is 51.7 Å². The van der Waals surface area contributed by atoms with Gasteiger partial charge in [-0.05, 0) is 33.9 Å². The molecule has 0 amide bonds. The zero-order valence-corrected chi connectivity index (χ0v) is 11.7. The summed E-state index contributed by atoms with van der Waals surface area (Å²) >= 11 is 0. The van der Waals surface area contributed by atoms with Gasteiger partial charge in [-0.15, -0.1) is 0 Å². The zero-order valence-electron chi connectivity index (χ0n) is 11.7. The van der Waals surface area contributed by atoms with Gasteiger partial charge in [0, 0.05) is 37.8 Å². The molecule has 3 nitrogen and oxygen atoms in total. The Balaban J connectivity index is 2.53. The maximum atomic E-state index is 3.44. The van der Waals surface area contributed by atoms with E-state index in [1.165, 1.54) is 32.5 Å². The molecule has 3 heteroatoms. The monoisotopic (exact) mass is 227 g/mol. The number of hydrogen-bond donors (Lipinski definition) is 1. The van der Waals surface area contributed by atoms with E-state index >= 15 is 0 Å². The van der Waals surface area contributed by atoms with Crippen LogP contribution in [0.3, 0.4) is 0 Å². The normalized spacial score (nSPS) is 27.9. The average Bonchev–Trinajstić information content (AvgIpc) is 2.31. The summed E-state index contributed by atoms with van der Waals surface area (Å²) in [6.07, 6.45) is 2.47. The van der Waals surface area contributed by atoms with Gasteiger partial charge < -0.3 is 10.2 Å². The van der Waals surface area contributed by atoms with Crippen molar-refractivity contribution in [3.8, 4) is 0 Å². The minimum absolute atomic E-state index is 0.626. The molecule has 1 saturated heterocycles. The lowest BCUT2D eigenvalue weighted by Crippen LogP contribution is -2.57. The lowest BCUT2D eigenvalue weighted by molar-refractivity contribution is 0.0552. The summed E-state index contributed by atoms with van der Waals surface area (Å²) in [5, 5.41) is 3.44. The highest BCUT2D eigenvalue weighted by Gasteiger charge is 2.28. The van der Waals surface area contributed by atoms with E-state index < -0.39 is 0 Å². The standard InChI is InChI=1S/C13H29N3/c1-6-12-10-16(9-8-15(12)5)11(3)13(7-2)14-4/h11-14H,6-10H2,1-5H3. The van der Waals surface area contributed by atoms with Crippen LogP contribution in [0.1, 0.15) is 33.6 Å². The van der Waals surface area contributed by atoms with E-state index in [9.17, 15) is 0 Å². The minimum atomic E-state index is 0.626. The molecule has 1 fully saturated rings. The van der Waals surface area contributed by atoms with Gasteiger partial charge in [-0.25, -0.2) is 0 Å². The lowest BCUT2D eigenvalue weighted by Gasteiger charge is -2.44. The SMILES string of the molecule is CCC(NC)C(C)N1CCN(C)C(CC)C1. The van der Waals surface area contributed by atoms with Gasteiger partial charge in [0.25, 0.3) is 0 Å². The fourth-order valence-corrected chi connectivity index (χ4v) is 2.82. The van der Waals surface area contributed by atoms with Gasteiger partial charge in [0.2, 0.25) is 0 Å². The molecule has 1 heterocycles. The van der Waals surface area contributed by atoms with Crippen molar-refractivity contribution in [3.05, 3.63) is 0 Å². The average molecular weight is 227 g/mol. The van der Waals surface area contributed by atoms with Crippen LogP contribution in [0.25, 0.3) is 0 Å². The Morgan fingerprint density at radius 1 is 1.31 bits per heavy atom. The summed E-state index contributed by atoms with van der Waals surface area (Å²) in [7, 11) is 4.34. The molecule has 0 bridgehead atoms. The molecule has 1 aliphatic rings. The van der Waals surface area contributed by atoms with Crippen LogP contribution in [-0.4, -0.2) is 61.7 Å². The first-order valence-corrected chi connectivity index (χ1v) is 6.75. The Labute approximate surface area is 101 Å². The molecule has 3 atom stereocenters. The largest absolute Gasteiger partial charge is 0.315 e. The second-order valence-corrected chi connectivity index (χ2v) is 5.08. The van der Waals surface area contributed by atoms with Crippen LogP contribution in [0, 0.1) is 0 Å². The van der Waals surface area contributed by atoms with Crippen molar-refractivity contribution in [3.63, 3.8) is 0 Å². The van der Waals surface area contributed by atoms with Crippen LogP contribution < -0.4 is 5.32 Å². The summed E-state index contributed by atoms with van der Waals surface area (Å²) in [5.41, 5.74) is 0. The van der Waals surface area contributed by atoms with Crippen LogP contribution >= 0.6 is 0 Å². The van der Waals surface area contributed by atoms with E-state index in [1.54, 1.807) is 0 Å². The molecule has 0 radical (unpaired) electrons. The summed E-state index contributed by atoms with van der Waals surface area (Å²) in [5.74, 6) is 0. The molecular weight excluding hydrogens is 198 g/mol. The first-order chi connectivity index (χ1) is 7.63. The molecule has 0 aromatic carbocycles. The number of piperazine rings is 1. The molecule has 1 rings (SSSR count). The van der Waals surface area contributed by atoms with E-state index in [0.29, 0.717) is 12.1 Å². The summed E-state index contributed by atoms with van der Waals surface area (Å²) < 4.78 is 0. The van der Waals surface area contributed by atoms with Gasteiger partial charge in [-0.3, -0.25) is 4.90 Å². The number of hydrogen-bond acceptors (Lipinski definition) is 3. The Morgan fingerprint density at radius 3 is 2.50 bits per heavy atom. The molecule has 1 aliphatic heterocycles. The van der Waals surface area contributed by atoms with E-state index in [2.05, 4.69) is 50.0 Å². The number of likely N-dealkylation sites (N-methyl/N-ethyl adjacent to an activating group) is 2. The van der Waals surface area contributed by atoms with Crippen molar-refractivity contribution >= 4 is 0 Å². The molecule has 96 valence electrons. The molecule has 0 aromatic rings. The zero-order chi connectivity index (χ0) is 12.1. The Morgan fingerprint density at radius 2 is 2.00 bits per heavy atom. The highest BCUT2D eigenvalue weighted by Crippen LogP contribution is 2.15. The highest BCUT2D eigenvalue weighted by atomic mass is 15.3. The Bertz CT molecular complexity index is 189. The number of rotatable bonds is 5. The smallest absolute Gasteiger partial charge is 0.0222 e. The van der Waals surface area contributed by atoms with Crippen molar-refractivity contribution in [1.29, 1.82) is 0 Å². The van der Waals surface area contributed by atoms with E-state index in [1.807, 2.05) is 0 Å². The van der Waals surface area contributed by atoms with E-state index in [0.717, 1.165) is 6.04 Å². The topological polar surface area (TPSA) is 18.5 Å². The molecule has 1 N–H and O–H groups in total. The van der Waals surface area contributed by atoms with Crippen molar-refractivity contribution in [2.75, 3.05) is 33.7 Å². The van der Waals surface area contributed by atoms with E-state index in [-0.39, 0.29) is 0 Å². The predicted molar refractivity (Wildman–Crippen MR) is 70.9 cm³/mol. The van der Waals surface area contributed by atoms with Crippen molar-refractivity contribution < 1.29 is 0 Å². The second kappa shape index (κ2) is 6.58. The first kappa shape index (κ1) is 13.9. The molecule has 0 spiro atoms. The van der Waals surface area contributed by atoms with Crippen LogP contribution in [0.15, 0.2) is 0 Å². The van der Waals surface area contributed by atoms with Gasteiger partial charge in [0.15, 0.2) is 0 Å². The fraction of sp³-hybridized carbons (Fsp3) is 1.00. The third-order valence-electron chi connectivity index (χ3n) is 4.25. The number of nitrogens with zero attached hydrogens (tertiary/aromatic N) is 2. The van der Waals surface area contributed by atoms with Gasteiger partial charge in [-0.2, -0.15) is 0 Å². The van der Waals surface area contributed by atoms with Crippen LogP contribution in [0.2, 0.25) is 0 Å². The van der Waals surface area contributed by atoms with E-state index in [4.69, 9.17) is 0 Å². The first-order valence-electron chi connectivity index (χ1n) is 6.75. The van der Waals surface area contributed by atoms with Crippen molar-refractivity contribution in [2.24, 2.45) is 0 Å². The van der Waals surface area contributed by atoms with Crippen molar-refractivity contribution in [1.82, 2.24) is 15.1 Å². The maximum Gasteiger partial charge on any atom is 0.0222 e. The van der Waals surface area contributed by atoms with Gasteiger partial charge in [0.05, 0.1) is 0 Å². The quantitative estimate of drug-likeness (QED) is 0.766. The third-order valence-corrected chi connectivity index (χ3v) is 4.25. The number of nitrogens with one attached hydrogen (secondary N) is 1. The second-order valence-electron chi connectivity index (χ2n) is 5.08. The fourth-order valence-electron chi connectivity index (χ4n) is 2.82. The lowest BCUT2D eigenvalue weighted by atomic mass is 10.0. The molecule has 0 saturated carbocycles. The van der Waals surface area contributed by atoms with Gasteiger partial charge >= 0.3 is 0 Å². The van der Waals surface area contributed by atoms with Gasteiger partial charge in [0.1, 0.15) is 0 Å². The predicted octanol–water partition coefficient (Wildman–Crippen LogP) is 1.40. The van der Waals surface area contributed by atoms with Crippen LogP contribution in [0.4, 0.5) is 0 Å². The minimum Gasteiger partial charge on any atom is -0.315 e. The van der Waals surface area contributed by atoms with Gasteiger partial charge in [-0.1, -0.05) is 13.8 Å².